The van der Waals surface area contributed by atoms with Crippen LogP contribution in [0.15, 0.2) is 72.8 Å². The molecule has 8 heteroatoms. The van der Waals surface area contributed by atoms with E-state index in [1.165, 1.54) is 0 Å². The Hall–Kier alpha value is -4.33. The van der Waals surface area contributed by atoms with Crippen LogP contribution in [0.5, 0.6) is 0 Å². The first-order chi connectivity index (χ1) is 14.7. The Morgan fingerprint density at radius 1 is 0.867 bits per heavy atom. The molecule has 0 radical (unpaired) electrons. The lowest BCUT2D eigenvalue weighted by molar-refractivity contribution is 0.0991. The summed E-state index contributed by atoms with van der Waals surface area (Å²) in [6.07, 6.45) is 0. The van der Waals surface area contributed by atoms with E-state index in [0.717, 1.165) is 27.7 Å². The fourth-order valence-corrected chi connectivity index (χ4v) is 3.43. The quantitative estimate of drug-likeness (QED) is 0.472. The van der Waals surface area contributed by atoms with Crippen LogP contribution in [-0.4, -0.2) is 31.3 Å². The van der Waals surface area contributed by atoms with Crippen molar-refractivity contribution in [1.29, 1.82) is 0 Å². The Balaban J connectivity index is 1.74. The fraction of sp³-hybridized carbons (Fsp3) is 0.0455. The molecule has 0 saturated heterocycles. The molecule has 146 valence electrons. The molecule has 8 nitrogen and oxygen atoms in total. The highest BCUT2D eigenvalue weighted by atomic mass is 16.1. The minimum absolute atomic E-state index is 0.0238. The van der Waals surface area contributed by atoms with Gasteiger partial charge in [0.25, 0.3) is 5.91 Å². The number of hydrogen-bond donors (Lipinski definition) is 2. The van der Waals surface area contributed by atoms with Gasteiger partial charge in [0.15, 0.2) is 0 Å². The zero-order valence-corrected chi connectivity index (χ0v) is 15.9. The predicted octanol–water partition coefficient (Wildman–Crippen LogP) is 3.34. The van der Waals surface area contributed by atoms with Gasteiger partial charge < -0.3 is 10.6 Å². The lowest BCUT2D eigenvalue weighted by Gasteiger charge is -2.25. The van der Waals surface area contributed by atoms with Crippen LogP contribution in [-0.2, 0) is 6.54 Å². The van der Waals surface area contributed by atoms with E-state index in [9.17, 15) is 4.79 Å². The lowest BCUT2D eigenvalue weighted by Crippen LogP contribution is -2.22. The number of nitrogens with zero attached hydrogens (tertiary/aromatic N) is 5. The maximum Gasteiger partial charge on any atom is 0.286 e. The Morgan fingerprint density at radius 2 is 1.63 bits per heavy atom. The Bertz CT molecular complexity index is 1360. The number of aromatic amines is 1. The van der Waals surface area contributed by atoms with Crippen LogP contribution in [0.2, 0.25) is 0 Å². The molecule has 1 amide bonds. The molecule has 5 aromatic rings. The molecule has 2 aromatic heterocycles. The number of hydrogen-bond acceptors (Lipinski definition) is 6. The van der Waals surface area contributed by atoms with E-state index in [2.05, 4.69) is 25.4 Å². The van der Waals surface area contributed by atoms with Gasteiger partial charge in [0.05, 0.1) is 5.52 Å². The minimum Gasteiger partial charge on any atom is -0.363 e. The molecule has 2 heterocycles. The Morgan fingerprint density at radius 3 is 2.47 bits per heavy atom. The normalized spacial score (nSPS) is 11.1. The minimum atomic E-state index is -0.673. The van der Waals surface area contributed by atoms with Gasteiger partial charge in [0.2, 0.25) is 5.82 Å². The molecule has 3 N–H and O–H groups in total. The zero-order chi connectivity index (χ0) is 20.5. The molecule has 0 aliphatic carbocycles. The highest BCUT2D eigenvalue weighted by Gasteiger charge is 2.19. The van der Waals surface area contributed by atoms with Crippen molar-refractivity contribution >= 4 is 39.3 Å². The molecule has 0 bridgehead atoms. The van der Waals surface area contributed by atoms with Crippen LogP contribution in [0.3, 0.4) is 0 Å². The van der Waals surface area contributed by atoms with Crippen molar-refractivity contribution in [1.82, 2.24) is 25.4 Å². The summed E-state index contributed by atoms with van der Waals surface area (Å²) in [6, 6.07) is 23.4. The van der Waals surface area contributed by atoms with Crippen LogP contribution in [0.25, 0.3) is 21.9 Å². The largest absolute Gasteiger partial charge is 0.363 e. The summed E-state index contributed by atoms with van der Waals surface area (Å²) in [5, 5.41) is 11.8. The van der Waals surface area contributed by atoms with Crippen molar-refractivity contribution in [3.63, 3.8) is 0 Å². The molecule has 0 unspecified atom stereocenters. The SMILES string of the molecule is NC(=O)c1nc(N(Cc2ccccc2)c2ccc3n[nH]nc3c2)c2ccccc2n1. The molecule has 0 spiro atoms. The maximum absolute atomic E-state index is 11.9. The fourth-order valence-electron chi connectivity index (χ4n) is 3.43. The molecule has 3 aromatic carbocycles. The summed E-state index contributed by atoms with van der Waals surface area (Å²) in [6.45, 7) is 0.531. The average Bonchev–Trinajstić information content (AvgIpc) is 3.25. The van der Waals surface area contributed by atoms with Crippen molar-refractivity contribution in [3.8, 4) is 0 Å². The summed E-state index contributed by atoms with van der Waals surface area (Å²) >= 11 is 0. The first-order valence-electron chi connectivity index (χ1n) is 9.37. The zero-order valence-electron chi connectivity index (χ0n) is 15.9. The van der Waals surface area contributed by atoms with Crippen LogP contribution in [0.1, 0.15) is 16.2 Å². The van der Waals surface area contributed by atoms with Crippen molar-refractivity contribution in [2.75, 3.05) is 4.90 Å². The summed E-state index contributed by atoms with van der Waals surface area (Å²) in [7, 11) is 0. The molecule has 0 fully saturated rings. The second-order valence-corrected chi connectivity index (χ2v) is 6.82. The van der Waals surface area contributed by atoms with Gasteiger partial charge in [-0.1, -0.05) is 42.5 Å². The van der Waals surface area contributed by atoms with Crippen molar-refractivity contribution in [3.05, 3.63) is 84.2 Å². The Kier molecular flexibility index (Phi) is 4.29. The average molecular weight is 395 g/mol. The van der Waals surface area contributed by atoms with E-state index in [-0.39, 0.29) is 5.82 Å². The van der Waals surface area contributed by atoms with Gasteiger partial charge in [-0.05, 0) is 35.9 Å². The molecular weight excluding hydrogens is 378 g/mol. The Labute approximate surface area is 171 Å². The monoisotopic (exact) mass is 395 g/mol. The number of H-pyrrole nitrogens is 1. The van der Waals surface area contributed by atoms with Gasteiger partial charge in [0.1, 0.15) is 16.9 Å². The highest BCUT2D eigenvalue weighted by Crippen LogP contribution is 2.33. The van der Waals surface area contributed by atoms with Gasteiger partial charge in [-0.25, -0.2) is 9.97 Å². The summed E-state index contributed by atoms with van der Waals surface area (Å²) < 4.78 is 0. The van der Waals surface area contributed by atoms with Gasteiger partial charge in [-0.3, -0.25) is 4.79 Å². The lowest BCUT2D eigenvalue weighted by atomic mass is 10.1. The topological polar surface area (TPSA) is 114 Å². The first kappa shape index (κ1) is 17.7. The number of primary amides is 1. The number of carbonyl (C=O) groups is 1. The standard InChI is InChI=1S/C22H17N7O/c23-20(30)21-24-17-9-5-4-8-16(17)22(25-21)29(13-14-6-2-1-3-7-14)15-10-11-18-19(12-15)27-28-26-18/h1-12H,13H2,(H2,23,30)(H,26,27,28). The molecule has 5 rings (SSSR count). The molecule has 30 heavy (non-hydrogen) atoms. The van der Waals surface area contributed by atoms with Crippen molar-refractivity contribution in [2.24, 2.45) is 5.73 Å². The van der Waals surface area contributed by atoms with E-state index >= 15 is 0 Å². The maximum atomic E-state index is 11.9. The third kappa shape index (κ3) is 3.20. The number of benzene rings is 3. The van der Waals surface area contributed by atoms with Crippen molar-refractivity contribution < 1.29 is 4.79 Å². The highest BCUT2D eigenvalue weighted by molar-refractivity contribution is 5.97. The third-order valence-corrected chi connectivity index (χ3v) is 4.85. The number of nitrogens with one attached hydrogen (secondary N) is 1. The number of anilines is 2. The molecule has 0 atom stereocenters. The second kappa shape index (κ2) is 7.25. The van der Waals surface area contributed by atoms with Crippen LogP contribution < -0.4 is 10.6 Å². The number of fused-ring (bicyclic) bond motifs is 2. The number of para-hydroxylation sites is 1. The van der Waals surface area contributed by atoms with Gasteiger partial charge in [-0.2, -0.15) is 15.4 Å². The smallest absolute Gasteiger partial charge is 0.286 e. The predicted molar refractivity (Wildman–Crippen MR) is 114 cm³/mol. The van der Waals surface area contributed by atoms with Crippen LogP contribution >= 0.6 is 0 Å². The number of nitrogens with two attached hydrogens (primary N) is 1. The molecule has 0 aliphatic rings. The number of carbonyl (C=O) groups excluding carboxylic acids is 1. The van der Waals surface area contributed by atoms with Gasteiger partial charge >= 0.3 is 0 Å². The molecule has 0 saturated carbocycles. The van der Waals surface area contributed by atoms with Gasteiger partial charge in [-0.15, -0.1) is 0 Å². The number of amides is 1. The van der Waals surface area contributed by atoms with Crippen molar-refractivity contribution in [2.45, 2.75) is 6.54 Å². The summed E-state index contributed by atoms with van der Waals surface area (Å²) in [5.74, 6) is -0.0982. The second-order valence-electron chi connectivity index (χ2n) is 6.82. The van der Waals surface area contributed by atoms with Gasteiger partial charge in [0, 0.05) is 17.6 Å². The van der Waals surface area contributed by atoms with E-state index in [1.807, 2.05) is 77.7 Å². The van der Waals surface area contributed by atoms with E-state index < -0.39 is 5.91 Å². The molecular formula is C22H17N7O. The molecule has 0 aliphatic heterocycles. The summed E-state index contributed by atoms with van der Waals surface area (Å²) in [5.41, 5.74) is 9.62. The number of aromatic nitrogens is 5. The van der Waals surface area contributed by atoms with Crippen LogP contribution in [0, 0.1) is 0 Å². The number of rotatable bonds is 5. The summed E-state index contributed by atoms with van der Waals surface area (Å²) in [4.78, 5) is 22.8. The van der Waals surface area contributed by atoms with E-state index in [0.29, 0.717) is 17.9 Å². The van der Waals surface area contributed by atoms with E-state index in [1.54, 1.807) is 0 Å². The van der Waals surface area contributed by atoms with E-state index in [4.69, 9.17) is 5.73 Å². The van der Waals surface area contributed by atoms with Crippen LogP contribution in [0.4, 0.5) is 11.5 Å². The third-order valence-electron chi connectivity index (χ3n) is 4.85. The first-order valence-corrected chi connectivity index (χ1v) is 9.37.